The van der Waals surface area contributed by atoms with Gasteiger partial charge in [-0.05, 0) is 29.3 Å². The predicted molar refractivity (Wildman–Crippen MR) is 91.5 cm³/mol. The molecule has 1 aromatic heterocycles. The highest BCUT2D eigenvalue weighted by atomic mass is 16.5. The van der Waals surface area contributed by atoms with Crippen LogP contribution in [0.5, 0.6) is 5.88 Å². The SMILES string of the molecule is CNC(=O)c1ccc(/C=C\C(=O)NCc2ccc(OC)nc2)cc1. The van der Waals surface area contributed by atoms with Crippen molar-refractivity contribution in [1.29, 1.82) is 0 Å². The third-order valence-electron chi connectivity index (χ3n) is 3.30. The van der Waals surface area contributed by atoms with Crippen LogP contribution in [-0.2, 0) is 11.3 Å². The summed E-state index contributed by atoms with van der Waals surface area (Å²) in [4.78, 5) is 27.3. The summed E-state index contributed by atoms with van der Waals surface area (Å²) in [5.41, 5.74) is 2.29. The fourth-order valence-electron chi connectivity index (χ4n) is 1.95. The van der Waals surface area contributed by atoms with Gasteiger partial charge in [0.2, 0.25) is 11.8 Å². The second kappa shape index (κ2) is 8.47. The van der Waals surface area contributed by atoms with Crippen LogP contribution in [0.2, 0.25) is 0 Å². The Morgan fingerprint density at radius 3 is 2.50 bits per heavy atom. The minimum atomic E-state index is -0.207. The highest BCUT2D eigenvalue weighted by molar-refractivity contribution is 5.94. The number of carbonyl (C=O) groups excluding carboxylic acids is 2. The lowest BCUT2D eigenvalue weighted by atomic mass is 10.1. The van der Waals surface area contributed by atoms with Crippen LogP contribution in [0, 0.1) is 0 Å². The average molecular weight is 325 g/mol. The van der Waals surface area contributed by atoms with Gasteiger partial charge < -0.3 is 15.4 Å². The summed E-state index contributed by atoms with van der Waals surface area (Å²) in [6.45, 7) is 0.385. The summed E-state index contributed by atoms with van der Waals surface area (Å²) in [7, 11) is 3.13. The summed E-state index contributed by atoms with van der Waals surface area (Å²) in [5.74, 6) is 0.183. The molecule has 2 rings (SSSR count). The smallest absolute Gasteiger partial charge is 0.251 e. The van der Waals surface area contributed by atoms with Gasteiger partial charge in [-0.2, -0.15) is 0 Å². The zero-order chi connectivity index (χ0) is 17.4. The van der Waals surface area contributed by atoms with Crippen molar-refractivity contribution in [3.05, 3.63) is 65.4 Å². The van der Waals surface area contributed by atoms with E-state index in [1.165, 1.54) is 6.08 Å². The highest BCUT2D eigenvalue weighted by Crippen LogP contribution is 2.07. The van der Waals surface area contributed by atoms with Crippen LogP contribution in [0.4, 0.5) is 0 Å². The Morgan fingerprint density at radius 2 is 1.92 bits per heavy atom. The Bertz CT molecular complexity index is 722. The van der Waals surface area contributed by atoms with E-state index < -0.39 is 0 Å². The number of amides is 2. The van der Waals surface area contributed by atoms with Gasteiger partial charge in [0.1, 0.15) is 0 Å². The predicted octanol–water partition coefficient (Wildman–Crippen LogP) is 1.78. The molecule has 0 spiro atoms. The third kappa shape index (κ3) is 4.95. The molecule has 1 aromatic carbocycles. The van der Waals surface area contributed by atoms with E-state index in [0.29, 0.717) is 18.0 Å². The number of rotatable bonds is 6. The van der Waals surface area contributed by atoms with Gasteiger partial charge in [0.25, 0.3) is 5.91 Å². The monoisotopic (exact) mass is 325 g/mol. The molecule has 0 atom stereocenters. The van der Waals surface area contributed by atoms with Crippen LogP contribution in [0.25, 0.3) is 6.08 Å². The molecule has 0 unspecified atom stereocenters. The fraction of sp³-hybridized carbons (Fsp3) is 0.167. The van der Waals surface area contributed by atoms with Gasteiger partial charge >= 0.3 is 0 Å². The molecule has 2 N–H and O–H groups in total. The van der Waals surface area contributed by atoms with E-state index in [2.05, 4.69) is 15.6 Å². The molecular weight excluding hydrogens is 306 g/mol. The van der Waals surface area contributed by atoms with Crippen LogP contribution in [0.15, 0.2) is 48.7 Å². The molecule has 0 saturated carbocycles. The van der Waals surface area contributed by atoms with Gasteiger partial charge in [-0.1, -0.05) is 18.2 Å². The molecule has 2 aromatic rings. The number of carbonyl (C=O) groups is 2. The summed E-state index contributed by atoms with van der Waals surface area (Å²) in [6, 6.07) is 10.6. The average Bonchev–Trinajstić information content (AvgIpc) is 2.64. The van der Waals surface area contributed by atoms with E-state index in [1.54, 1.807) is 56.8 Å². The summed E-state index contributed by atoms with van der Waals surface area (Å²) in [5, 5.41) is 5.33. The number of nitrogens with zero attached hydrogens (tertiary/aromatic N) is 1. The van der Waals surface area contributed by atoms with E-state index >= 15 is 0 Å². The first kappa shape index (κ1) is 17.2. The maximum atomic E-state index is 11.8. The van der Waals surface area contributed by atoms with Gasteiger partial charge in [-0.25, -0.2) is 4.98 Å². The lowest BCUT2D eigenvalue weighted by Gasteiger charge is -2.03. The summed E-state index contributed by atoms with van der Waals surface area (Å²) in [6.07, 6.45) is 4.79. The fourth-order valence-corrected chi connectivity index (χ4v) is 1.95. The Kier molecular flexibility index (Phi) is 6.08. The molecule has 24 heavy (non-hydrogen) atoms. The van der Waals surface area contributed by atoms with Crippen molar-refractivity contribution in [2.24, 2.45) is 0 Å². The number of nitrogens with one attached hydrogen (secondary N) is 2. The van der Waals surface area contributed by atoms with Gasteiger partial charge in [-0.15, -0.1) is 0 Å². The van der Waals surface area contributed by atoms with E-state index in [-0.39, 0.29) is 11.8 Å². The quantitative estimate of drug-likeness (QED) is 0.793. The molecule has 124 valence electrons. The van der Waals surface area contributed by atoms with Crippen LogP contribution < -0.4 is 15.4 Å². The lowest BCUT2D eigenvalue weighted by molar-refractivity contribution is -0.116. The highest BCUT2D eigenvalue weighted by Gasteiger charge is 2.02. The molecule has 0 bridgehead atoms. The topological polar surface area (TPSA) is 80.3 Å². The maximum Gasteiger partial charge on any atom is 0.251 e. The first-order chi connectivity index (χ1) is 11.6. The number of benzene rings is 1. The van der Waals surface area contributed by atoms with E-state index in [9.17, 15) is 9.59 Å². The number of hydrogen-bond acceptors (Lipinski definition) is 4. The van der Waals surface area contributed by atoms with E-state index in [0.717, 1.165) is 11.1 Å². The molecule has 6 nitrogen and oxygen atoms in total. The molecule has 0 aliphatic rings. The lowest BCUT2D eigenvalue weighted by Crippen LogP contribution is -2.20. The first-order valence-corrected chi connectivity index (χ1v) is 7.39. The Hall–Kier alpha value is -3.15. The van der Waals surface area contributed by atoms with Gasteiger partial charge in [0, 0.05) is 37.5 Å². The largest absolute Gasteiger partial charge is 0.481 e. The van der Waals surface area contributed by atoms with Crippen LogP contribution in [0.3, 0.4) is 0 Å². The van der Waals surface area contributed by atoms with Crippen LogP contribution in [0.1, 0.15) is 21.5 Å². The maximum absolute atomic E-state index is 11.8. The molecule has 0 saturated heterocycles. The summed E-state index contributed by atoms with van der Waals surface area (Å²) < 4.78 is 4.98. The number of ether oxygens (including phenoxy) is 1. The molecule has 2 amide bonds. The molecular formula is C18H19N3O3. The van der Waals surface area contributed by atoms with Crippen molar-refractivity contribution in [1.82, 2.24) is 15.6 Å². The number of hydrogen-bond donors (Lipinski definition) is 2. The van der Waals surface area contributed by atoms with Crippen LogP contribution >= 0.6 is 0 Å². The van der Waals surface area contributed by atoms with Crippen molar-refractivity contribution < 1.29 is 14.3 Å². The Balaban J connectivity index is 1.86. The summed E-state index contributed by atoms with van der Waals surface area (Å²) >= 11 is 0. The van der Waals surface area contributed by atoms with Crippen molar-refractivity contribution in [3.63, 3.8) is 0 Å². The Morgan fingerprint density at radius 1 is 1.17 bits per heavy atom. The van der Waals surface area contributed by atoms with E-state index in [1.807, 2.05) is 6.07 Å². The molecule has 6 heteroatoms. The molecule has 0 aliphatic heterocycles. The number of pyridine rings is 1. The Labute approximate surface area is 140 Å². The second-order valence-corrected chi connectivity index (χ2v) is 4.96. The molecule has 0 aliphatic carbocycles. The first-order valence-electron chi connectivity index (χ1n) is 7.39. The van der Waals surface area contributed by atoms with Gasteiger partial charge in [-0.3, -0.25) is 9.59 Å². The van der Waals surface area contributed by atoms with Crippen molar-refractivity contribution in [2.75, 3.05) is 14.2 Å². The third-order valence-corrected chi connectivity index (χ3v) is 3.30. The second-order valence-electron chi connectivity index (χ2n) is 4.96. The van der Waals surface area contributed by atoms with Crippen molar-refractivity contribution >= 4 is 17.9 Å². The number of methoxy groups -OCH3 is 1. The minimum Gasteiger partial charge on any atom is -0.481 e. The standard InChI is InChI=1S/C18H19N3O3/c1-19-18(23)15-7-3-13(4-8-15)5-9-16(22)20-11-14-6-10-17(24-2)21-12-14/h3-10,12H,11H2,1-2H3,(H,19,23)(H,20,22)/b9-5-. The molecule has 0 radical (unpaired) electrons. The molecule has 0 fully saturated rings. The normalized spacial score (nSPS) is 10.4. The molecule has 1 heterocycles. The van der Waals surface area contributed by atoms with Crippen LogP contribution in [-0.4, -0.2) is 31.0 Å². The zero-order valence-electron chi connectivity index (χ0n) is 13.6. The van der Waals surface area contributed by atoms with Gasteiger partial charge in [0.05, 0.1) is 7.11 Å². The van der Waals surface area contributed by atoms with E-state index in [4.69, 9.17) is 4.74 Å². The minimum absolute atomic E-state index is 0.142. The number of aromatic nitrogens is 1. The van der Waals surface area contributed by atoms with Crippen molar-refractivity contribution in [3.8, 4) is 5.88 Å². The van der Waals surface area contributed by atoms with Gasteiger partial charge in [0.15, 0.2) is 0 Å². The van der Waals surface area contributed by atoms with Crippen molar-refractivity contribution in [2.45, 2.75) is 6.54 Å². The zero-order valence-corrected chi connectivity index (χ0v) is 13.6.